The number of nitrogens with one attached hydrogen (secondary N) is 2. The Labute approximate surface area is 118 Å². The smallest absolute Gasteiger partial charge is 0.182 e. The van der Waals surface area contributed by atoms with Crippen LogP contribution in [-0.4, -0.2) is 29.1 Å². The van der Waals surface area contributed by atoms with Crippen LogP contribution in [0.1, 0.15) is 18.7 Å². The maximum Gasteiger partial charge on any atom is 0.182 e. The number of nitrogens with zero attached hydrogens (tertiary/aromatic N) is 2. The molecular formula is C14H18N4S. The van der Waals surface area contributed by atoms with Crippen molar-refractivity contribution in [3.63, 3.8) is 0 Å². The van der Waals surface area contributed by atoms with Gasteiger partial charge in [0.05, 0.1) is 11.7 Å². The predicted octanol–water partition coefficient (Wildman–Crippen LogP) is 2.24. The van der Waals surface area contributed by atoms with E-state index >= 15 is 0 Å². The van der Waals surface area contributed by atoms with E-state index < -0.39 is 0 Å². The molecule has 0 bridgehead atoms. The number of hydrazine groups is 1. The maximum absolute atomic E-state index is 5.17. The Morgan fingerprint density at radius 3 is 2.74 bits per heavy atom. The largest absolute Gasteiger partial charge is 0.354 e. The minimum absolute atomic E-state index is 0.0593. The molecular weight excluding hydrogens is 256 g/mol. The number of benzene rings is 1. The van der Waals surface area contributed by atoms with E-state index in [9.17, 15) is 0 Å². The highest BCUT2D eigenvalue weighted by atomic mass is 32.1. The molecule has 0 fully saturated rings. The second-order valence-corrected chi connectivity index (χ2v) is 4.99. The zero-order valence-electron chi connectivity index (χ0n) is 11.3. The second-order valence-electron chi connectivity index (χ2n) is 4.61. The first-order valence-electron chi connectivity index (χ1n) is 6.16. The molecule has 5 heteroatoms. The summed E-state index contributed by atoms with van der Waals surface area (Å²) in [5.74, 6) is 0. The van der Waals surface area contributed by atoms with Gasteiger partial charge in [-0.3, -0.25) is 10.4 Å². The summed E-state index contributed by atoms with van der Waals surface area (Å²) in [6.07, 6.45) is 1.83. The van der Waals surface area contributed by atoms with E-state index in [1.54, 1.807) is 0 Å². The molecule has 1 aromatic carbocycles. The lowest BCUT2D eigenvalue weighted by Gasteiger charge is -2.20. The summed E-state index contributed by atoms with van der Waals surface area (Å²) in [6, 6.07) is 10.3. The predicted molar refractivity (Wildman–Crippen MR) is 82.7 cm³/mol. The molecule has 0 aliphatic carbocycles. The van der Waals surface area contributed by atoms with Gasteiger partial charge < -0.3 is 4.90 Å². The molecule has 0 saturated carbocycles. The number of fused-ring (bicyclic) bond motifs is 1. The highest BCUT2D eigenvalue weighted by Gasteiger charge is 2.10. The molecule has 0 radical (unpaired) electrons. The first-order chi connectivity index (χ1) is 9.09. The fourth-order valence-electron chi connectivity index (χ4n) is 1.84. The van der Waals surface area contributed by atoms with Crippen molar-refractivity contribution in [2.45, 2.75) is 13.0 Å². The third-order valence-electron chi connectivity index (χ3n) is 2.92. The quantitative estimate of drug-likeness (QED) is 0.663. The van der Waals surface area contributed by atoms with Crippen LogP contribution in [-0.2, 0) is 0 Å². The average molecular weight is 274 g/mol. The van der Waals surface area contributed by atoms with Gasteiger partial charge in [0, 0.05) is 25.7 Å². The van der Waals surface area contributed by atoms with E-state index in [0.717, 1.165) is 11.1 Å². The van der Waals surface area contributed by atoms with Crippen molar-refractivity contribution in [3.8, 4) is 0 Å². The molecule has 2 aromatic rings. The topological polar surface area (TPSA) is 40.2 Å². The van der Waals surface area contributed by atoms with E-state index in [1.807, 2.05) is 43.4 Å². The Balaban J connectivity index is 2.17. The van der Waals surface area contributed by atoms with Gasteiger partial charge in [-0.05, 0) is 30.6 Å². The standard InChI is InChI=1S/C14H18N4S/c1-10(16-17-14(19)18(2)3)13-12-7-5-4-6-11(12)8-9-15-13/h4-10,16H,1-3H3,(H,17,19). The lowest BCUT2D eigenvalue weighted by atomic mass is 10.1. The lowest BCUT2D eigenvalue weighted by molar-refractivity contribution is 0.498. The summed E-state index contributed by atoms with van der Waals surface area (Å²) in [5, 5.41) is 2.99. The Kier molecular flexibility index (Phi) is 4.29. The zero-order chi connectivity index (χ0) is 13.8. The van der Waals surface area contributed by atoms with Gasteiger partial charge >= 0.3 is 0 Å². The van der Waals surface area contributed by atoms with Gasteiger partial charge in [0.15, 0.2) is 5.11 Å². The number of pyridine rings is 1. The molecule has 0 aliphatic heterocycles. The van der Waals surface area contributed by atoms with E-state index in [2.05, 4.69) is 34.9 Å². The van der Waals surface area contributed by atoms with Crippen LogP contribution in [0.3, 0.4) is 0 Å². The fraction of sp³-hybridized carbons (Fsp3) is 0.286. The van der Waals surface area contributed by atoms with Gasteiger partial charge in [-0.15, -0.1) is 0 Å². The summed E-state index contributed by atoms with van der Waals surface area (Å²) in [7, 11) is 3.80. The van der Waals surface area contributed by atoms with Crippen molar-refractivity contribution in [3.05, 3.63) is 42.2 Å². The molecule has 0 saturated heterocycles. The van der Waals surface area contributed by atoms with Crippen molar-refractivity contribution in [1.82, 2.24) is 20.7 Å². The molecule has 1 atom stereocenters. The van der Waals surface area contributed by atoms with Crippen LogP contribution in [0.5, 0.6) is 0 Å². The zero-order valence-corrected chi connectivity index (χ0v) is 12.2. The van der Waals surface area contributed by atoms with Crippen molar-refractivity contribution in [2.24, 2.45) is 0 Å². The minimum atomic E-state index is 0.0593. The van der Waals surface area contributed by atoms with Crippen molar-refractivity contribution in [1.29, 1.82) is 0 Å². The number of thiocarbonyl (C=S) groups is 1. The van der Waals surface area contributed by atoms with Gasteiger partial charge in [0.1, 0.15) is 0 Å². The third-order valence-corrected chi connectivity index (χ3v) is 3.38. The SMILES string of the molecule is CC(NNC(=S)N(C)C)c1nccc2ccccc12. The Bertz CT molecular complexity index is 577. The number of hydrogen-bond acceptors (Lipinski definition) is 3. The maximum atomic E-state index is 5.17. The number of aromatic nitrogens is 1. The summed E-state index contributed by atoms with van der Waals surface area (Å²) >= 11 is 5.17. The third kappa shape index (κ3) is 3.19. The van der Waals surface area contributed by atoms with Crippen LogP contribution < -0.4 is 10.9 Å². The van der Waals surface area contributed by atoms with E-state index in [4.69, 9.17) is 12.2 Å². The number of hydrogen-bond donors (Lipinski definition) is 2. The molecule has 2 rings (SSSR count). The van der Waals surface area contributed by atoms with Crippen molar-refractivity contribution < 1.29 is 0 Å². The van der Waals surface area contributed by atoms with Crippen LogP contribution in [0.25, 0.3) is 10.8 Å². The molecule has 100 valence electrons. The molecule has 0 amide bonds. The van der Waals surface area contributed by atoms with Crippen LogP contribution >= 0.6 is 12.2 Å². The van der Waals surface area contributed by atoms with Crippen LogP contribution in [0.15, 0.2) is 36.5 Å². The average Bonchev–Trinajstić information content (AvgIpc) is 2.43. The van der Waals surface area contributed by atoms with Crippen LogP contribution in [0.2, 0.25) is 0 Å². The van der Waals surface area contributed by atoms with Gasteiger partial charge in [0.25, 0.3) is 0 Å². The summed E-state index contributed by atoms with van der Waals surface area (Å²) in [6.45, 7) is 2.06. The van der Waals surface area contributed by atoms with Gasteiger partial charge in [-0.25, -0.2) is 5.43 Å². The van der Waals surface area contributed by atoms with E-state index in [-0.39, 0.29) is 6.04 Å². The minimum Gasteiger partial charge on any atom is -0.354 e. The number of rotatable bonds is 3. The fourth-order valence-corrected chi connectivity index (χ4v) is 1.90. The Morgan fingerprint density at radius 1 is 1.26 bits per heavy atom. The highest BCUT2D eigenvalue weighted by Crippen LogP contribution is 2.21. The molecule has 0 spiro atoms. The normalized spacial score (nSPS) is 12.2. The summed E-state index contributed by atoms with van der Waals surface area (Å²) < 4.78 is 0. The van der Waals surface area contributed by atoms with Crippen molar-refractivity contribution in [2.75, 3.05) is 14.1 Å². The van der Waals surface area contributed by atoms with Gasteiger partial charge in [-0.2, -0.15) is 0 Å². The van der Waals surface area contributed by atoms with Crippen LogP contribution in [0, 0.1) is 0 Å². The summed E-state index contributed by atoms with van der Waals surface area (Å²) in [4.78, 5) is 6.31. The monoisotopic (exact) mass is 274 g/mol. The molecule has 0 aliphatic rings. The molecule has 19 heavy (non-hydrogen) atoms. The molecule has 2 N–H and O–H groups in total. The Morgan fingerprint density at radius 2 is 2.00 bits per heavy atom. The van der Waals surface area contributed by atoms with E-state index in [0.29, 0.717) is 5.11 Å². The lowest BCUT2D eigenvalue weighted by Crippen LogP contribution is -2.44. The molecule has 1 heterocycles. The summed E-state index contributed by atoms with van der Waals surface area (Å²) in [5.41, 5.74) is 7.20. The molecule has 4 nitrogen and oxygen atoms in total. The van der Waals surface area contributed by atoms with Crippen molar-refractivity contribution >= 4 is 28.1 Å². The molecule has 1 aromatic heterocycles. The van der Waals surface area contributed by atoms with Crippen LogP contribution in [0.4, 0.5) is 0 Å². The molecule has 1 unspecified atom stereocenters. The second kappa shape index (κ2) is 5.95. The first kappa shape index (κ1) is 13.7. The first-order valence-corrected chi connectivity index (χ1v) is 6.57. The highest BCUT2D eigenvalue weighted by molar-refractivity contribution is 7.80. The van der Waals surface area contributed by atoms with Gasteiger partial charge in [0.2, 0.25) is 0 Å². The van der Waals surface area contributed by atoms with E-state index in [1.165, 1.54) is 5.39 Å². The van der Waals surface area contributed by atoms with Gasteiger partial charge in [-0.1, -0.05) is 24.3 Å². The Hall–Kier alpha value is -1.72.